The largest absolute Gasteiger partial charge is 1.00 e. The summed E-state index contributed by atoms with van der Waals surface area (Å²) in [5, 5.41) is 11.5. The Bertz CT molecular complexity index is 148. The zero-order valence-electron chi connectivity index (χ0n) is 11.2. The Morgan fingerprint density at radius 1 is 1.13 bits per heavy atom. The van der Waals surface area contributed by atoms with Crippen molar-refractivity contribution in [3.05, 3.63) is 0 Å². The van der Waals surface area contributed by atoms with Gasteiger partial charge in [0, 0.05) is 6.54 Å². The Balaban J connectivity index is -0.000000845. The summed E-state index contributed by atoms with van der Waals surface area (Å²) in [5.41, 5.74) is 0. The summed E-state index contributed by atoms with van der Waals surface area (Å²) in [5.74, 6) is -0.722. The fourth-order valence-corrected chi connectivity index (χ4v) is 1.35. The molecule has 0 amide bonds. The quantitative estimate of drug-likeness (QED) is 0.390. The van der Waals surface area contributed by atoms with Crippen LogP contribution in [-0.4, -0.2) is 24.2 Å². The van der Waals surface area contributed by atoms with Crippen LogP contribution >= 0.6 is 0 Å². The van der Waals surface area contributed by atoms with E-state index in [1.807, 2.05) is 0 Å². The topological polar surface area (TPSA) is 49.3 Å². The normalized spacial score (nSPS) is 9.67. The molecule has 0 radical (unpaired) electrons. The fraction of sp³-hybridized carbons (Fsp3) is 0.909. The van der Waals surface area contributed by atoms with Crippen LogP contribution < -0.4 is 34.9 Å². The molecule has 0 saturated heterocycles. The van der Waals surface area contributed by atoms with Crippen molar-refractivity contribution in [2.45, 2.75) is 51.9 Å². The van der Waals surface area contributed by atoms with E-state index in [1.165, 1.54) is 38.5 Å². The second-order valence-electron chi connectivity index (χ2n) is 3.66. The van der Waals surface area contributed by atoms with Crippen molar-refractivity contribution >= 4 is 5.97 Å². The minimum absolute atomic E-state index is 0. The van der Waals surface area contributed by atoms with Gasteiger partial charge in [-0.1, -0.05) is 39.0 Å². The minimum Gasteiger partial charge on any atom is -1.00 e. The zero-order valence-corrected chi connectivity index (χ0v) is 12.2. The van der Waals surface area contributed by atoms with Gasteiger partial charge in [-0.2, -0.15) is 0 Å². The van der Waals surface area contributed by atoms with Crippen LogP contribution in [-0.2, 0) is 4.79 Å². The van der Waals surface area contributed by atoms with Crippen LogP contribution in [0.25, 0.3) is 0 Å². The molecule has 0 atom stereocenters. The molecular weight excluding hydrogens is 201 g/mol. The number of rotatable bonds is 10. The van der Waals surface area contributed by atoms with E-state index in [9.17, 15) is 4.79 Å². The molecule has 86 valence electrons. The molecule has 0 aromatic carbocycles. The number of nitrogens with one attached hydrogen (secondary N) is 1. The van der Waals surface area contributed by atoms with Crippen LogP contribution in [0.4, 0.5) is 0 Å². The van der Waals surface area contributed by atoms with E-state index in [-0.39, 0.29) is 37.4 Å². The van der Waals surface area contributed by atoms with Gasteiger partial charge in [0.1, 0.15) is 0 Å². The van der Waals surface area contributed by atoms with E-state index in [2.05, 4.69) is 12.2 Å². The van der Waals surface area contributed by atoms with Gasteiger partial charge in [-0.05, 0) is 13.0 Å². The van der Waals surface area contributed by atoms with Crippen LogP contribution in [0.1, 0.15) is 53.3 Å². The molecule has 0 aliphatic rings. The van der Waals surface area contributed by atoms with Crippen molar-refractivity contribution in [3.63, 3.8) is 0 Å². The van der Waals surface area contributed by atoms with Crippen LogP contribution in [0, 0.1) is 0 Å². The molecule has 0 aromatic rings. The van der Waals surface area contributed by atoms with E-state index in [0.29, 0.717) is 6.54 Å². The first-order valence-corrected chi connectivity index (χ1v) is 5.70. The van der Waals surface area contributed by atoms with E-state index in [4.69, 9.17) is 5.11 Å². The maximum absolute atomic E-state index is 10.2. The fourth-order valence-electron chi connectivity index (χ4n) is 1.35. The third-order valence-corrected chi connectivity index (χ3v) is 2.22. The predicted molar refractivity (Wildman–Crippen MR) is 59.6 cm³/mol. The first-order valence-electron chi connectivity index (χ1n) is 5.70. The molecule has 0 aliphatic heterocycles. The molecule has 0 bridgehead atoms. The van der Waals surface area contributed by atoms with Crippen LogP contribution in [0.3, 0.4) is 0 Å². The monoisotopic (exact) mass is 225 g/mol. The van der Waals surface area contributed by atoms with Gasteiger partial charge in [0.05, 0.1) is 6.42 Å². The predicted octanol–water partition coefficient (Wildman–Crippen LogP) is -0.472. The number of carboxylic acids is 1. The maximum Gasteiger partial charge on any atom is 1.00 e. The number of hydrogen-bond donors (Lipinski definition) is 2. The molecule has 0 spiro atoms. The third-order valence-electron chi connectivity index (χ3n) is 2.22. The Kier molecular flexibility index (Phi) is 17.1. The number of carbonyl (C=O) groups is 1. The van der Waals surface area contributed by atoms with Gasteiger partial charge in [-0.25, -0.2) is 0 Å². The van der Waals surface area contributed by atoms with Crippen molar-refractivity contribution in [2.24, 2.45) is 0 Å². The summed E-state index contributed by atoms with van der Waals surface area (Å²) in [6, 6.07) is 0. The van der Waals surface area contributed by atoms with Crippen molar-refractivity contribution in [2.75, 3.05) is 13.1 Å². The average molecular weight is 225 g/mol. The van der Waals surface area contributed by atoms with Gasteiger partial charge in [-0.15, -0.1) is 0 Å². The van der Waals surface area contributed by atoms with E-state index < -0.39 is 5.97 Å². The van der Waals surface area contributed by atoms with Gasteiger partial charge in [0.2, 0.25) is 0 Å². The number of hydrogen-bond acceptors (Lipinski definition) is 2. The summed E-state index contributed by atoms with van der Waals surface area (Å²) >= 11 is 0. The van der Waals surface area contributed by atoms with Gasteiger partial charge >= 0.3 is 35.5 Å². The summed E-state index contributed by atoms with van der Waals surface area (Å²) in [6.45, 7) is 3.77. The molecule has 2 N–H and O–H groups in total. The van der Waals surface area contributed by atoms with Gasteiger partial charge in [0.25, 0.3) is 0 Å². The summed E-state index contributed by atoms with van der Waals surface area (Å²) < 4.78 is 0. The van der Waals surface area contributed by atoms with Gasteiger partial charge < -0.3 is 11.8 Å². The number of unbranched alkanes of at least 4 members (excludes halogenated alkanes) is 5. The molecule has 3 nitrogen and oxygen atoms in total. The van der Waals surface area contributed by atoms with Crippen LogP contribution in [0.15, 0.2) is 0 Å². The smallest absolute Gasteiger partial charge is 1.00 e. The second kappa shape index (κ2) is 14.4. The van der Waals surface area contributed by atoms with Gasteiger partial charge in [-0.3, -0.25) is 4.79 Å². The second-order valence-corrected chi connectivity index (χ2v) is 3.66. The molecule has 0 heterocycles. The molecular formula is C11H24NNaO2. The standard InChI is InChI=1S/C11H23NO2.Na.H/c1-2-3-4-5-6-7-9-12-10-8-11(13)14;;/h12H,2-10H2,1H3,(H,13,14);;/q;+1;-1. The first-order chi connectivity index (χ1) is 6.77. The molecule has 0 rings (SSSR count). The molecule has 0 fully saturated rings. The van der Waals surface area contributed by atoms with E-state index in [1.54, 1.807) is 0 Å². The first kappa shape index (κ1) is 17.8. The molecule has 0 aliphatic carbocycles. The zero-order chi connectivity index (χ0) is 10.6. The van der Waals surface area contributed by atoms with E-state index >= 15 is 0 Å². The average Bonchev–Trinajstić information content (AvgIpc) is 2.15. The SMILES string of the molecule is CCCCCCCCNCCC(=O)O.[H-].[Na+]. The minimum atomic E-state index is -0.722. The molecule has 15 heavy (non-hydrogen) atoms. The molecule has 0 aromatic heterocycles. The molecule has 4 heteroatoms. The Morgan fingerprint density at radius 3 is 2.33 bits per heavy atom. The Hall–Kier alpha value is 0.430. The summed E-state index contributed by atoms with van der Waals surface area (Å²) in [4.78, 5) is 10.2. The summed E-state index contributed by atoms with van der Waals surface area (Å²) in [7, 11) is 0. The van der Waals surface area contributed by atoms with Crippen molar-refractivity contribution in [3.8, 4) is 0 Å². The third kappa shape index (κ3) is 17.1. The van der Waals surface area contributed by atoms with Gasteiger partial charge in [0.15, 0.2) is 0 Å². The van der Waals surface area contributed by atoms with Crippen molar-refractivity contribution < 1.29 is 40.9 Å². The molecule has 0 saturated carbocycles. The van der Waals surface area contributed by atoms with E-state index in [0.717, 1.165) is 6.54 Å². The number of aliphatic carboxylic acids is 1. The summed E-state index contributed by atoms with van der Waals surface area (Å²) in [6.07, 6.45) is 7.95. The van der Waals surface area contributed by atoms with Crippen molar-refractivity contribution in [1.29, 1.82) is 0 Å². The molecule has 0 unspecified atom stereocenters. The number of carboxylic acid groups (broad SMARTS) is 1. The Morgan fingerprint density at radius 2 is 1.73 bits per heavy atom. The van der Waals surface area contributed by atoms with Crippen LogP contribution in [0.5, 0.6) is 0 Å². The van der Waals surface area contributed by atoms with Crippen LogP contribution in [0.2, 0.25) is 0 Å². The Labute approximate surface area is 117 Å². The van der Waals surface area contributed by atoms with Crippen molar-refractivity contribution in [1.82, 2.24) is 5.32 Å². The maximum atomic E-state index is 10.2.